The van der Waals surface area contributed by atoms with E-state index in [1.807, 2.05) is 0 Å². The van der Waals surface area contributed by atoms with Crippen LogP contribution in [0.2, 0.25) is 0 Å². The standard InChI is InChI=1S/C13H23N3O4S/c1-15-10-13(9-12(15)11-17)21(18,19)14-3-2-4-16-5-7-20-8-6-16/h9-10,14,17H,2-8,11H2,1H3. The van der Waals surface area contributed by atoms with Crippen LogP contribution in [0.1, 0.15) is 12.1 Å². The number of aliphatic hydroxyl groups excluding tert-OH is 1. The van der Waals surface area contributed by atoms with E-state index in [1.54, 1.807) is 11.6 Å². The molecule has 0 bridgehead atoms. The van der Waals surface area contributed by atoms with E-state index in [9.17, 15) is 8.42 Å². The minimum absolute atomic E-state index is 0.178. The average Bonchev–Trinajstić information content (AvgIpc) is 2.87. The predicted molar refractivity (Wildman–Crippen MR) is 78.4 cm³/mol. The molecule has 0 saturated carbocycles. The summed E-state index contributed by atoms with van der Waals surface area (Å²) in [7, 11) is -1.79. The lowest BCUT2D eigenvalue weighted by molar-refractivity contribution is 0.0376. The third-order valence-electron chi connectivity index (χ3n) is 3.60. The first kappa shape index (κ1) is 16.4. The molecule has 0 spiro atoms. The van der Waals surface area contributed by atoms with Gasteiger partial charge in [-0.25, -0.2) is 13.1 Å². The van der Waals surface area contributed by atoms with Gasteiger partial charge in [-0.3, -0.25) is 4.90 Å². The molecular weight excluding hydrogens is 294 g/mol. The van der Waals surface area contributed by atoms with Crippen molar-refractivity contribution in [2.24, 2.45) is 7.05 Å². The second-order valence-electron chi connectivity index (χ2n) is 5.14. The van der Waals surface area contributed by atoms with E-state index < -0.39 is 10.0 Å². The Morgan fingerprint density at radius 2 is 2.10 bits per heavy atom. The first-order valence-electron chi connectivity index (χ1n) is 7.09. The predicted octanol–water partition coefficient (Wildman–Crippen LogP) is -0.482. The SMILES string of the molecule is Cn1cc(S(=O)(=O)NCCCN2CCOCC2)cc1CO. The van der Waals surface area contributed by atoms with Crippen LogP contribution in [0.15, 0.2) is 17.2 Å². The fraction of sp³-hybridized carbons (Fsp3) is 0.692. The summed E-state index contributed by atoms with van der Waals surface area (Å²) in [5, 5.41) is 9.10. The molecular formula is C13H23N3O4S. The fourth-order valence-corrected chi connectivity index (χ4v) is 3.47. The van der Waals surface area contributed by atoms with E-state index in [0.717, 1.165) is 39.3 Å². The van der Waals surface area contributed by atoms with Crippen molar-refractivity contribution < 1.29 is 18.3 Å². The summed E-state index contributed by atoms with van der Waals surface area (Å²) in [6.45, 7) is 4.41. The maximum absolute atomic E-state index is 12.1. The van der Waals surface area contributed by atoms with Gasteiger partial charge < -0.3 is 14.4 Å². The molecule has 0 atom stereocenters. The molecule has 120 valence electrons. The molecule has 0 amide bonds. The topological polar surface area (TPSA) is 83.8 Å². The van der Waals surface area contributed by atoms with Gasteiger partial charge in [0.2, 0.25) is 10.0 Å². The van der Waals surface area contributed by atoms with Gasteiger partial charge in [0.25, 0.3) is 0 Å². The molecule has 1 aliphatic rings. The molecule has 0 aromatic carbocycles. The second-order valence-corrected chi connectivity index (χ2v) is 6.91. The van der Waals surface area contributed by atoms with Gasteiger partial charge in [-0.15, -0.1) is 0 Å². The summed E-state index contributed by atoms with van der Waals surface area (Å²) >= 11 is 0. The van der Waals surface area contributed by atoms with Gasteiger partial charge in [0.15, 0.2) is 0 Å². The number of hydrogen-bond donors (Lipinski definition) is 2. The van der Waals surface area contributed by atoms with Crippen LogP contribution in [-0.2, 0) is 28.4 Å². The number of morpholine rings is 1. The Hall–Kier alpha value is -0.930. The average molecular weight is 317 g/mol. The van der Waals surface area contributed by atoms with E-state index in [0.29, 0.717) is 12.2 Å². The highest BCUT2D eigenvalue weighted by atomic mass is 32.2. The molecule has 1 aromatic rings. The molecule has 1 aliphatic heterocycles. The Bertz CT molecular complexity index is 550. The smallest absolute Gasteiger partial charge is 0.242 e. The van der Waals surface area contributed by atoms with E-state index in [-0.39, 0.29) is 11.5 Å². The van der Waals surface area contributed by atoms with Gasteiger partial charge in [0.05, 0.1) is 24.7 Å². The van der Waals surface area contributed by atoms with Crippen molar-refractivity contribution in [1.82, 2.24) is 14.2 Å². The van der Waals surface area contributed by atoms with E-state index in [4.69, 9.17) is 9.84 Å². The van der Waals surface area contributed by atoms with Crippen LogP contribution in [0, 0.1) is 0 Å². The van der Waals surface area contributed by atoms with E-state index in [2.05, 4.69) is 9.62 Å². The van der Waals surface area contributed by atoms with Crippen molar-refractivity contribution >= 4 is 10.0 Å². The lowest BCUT2D eigenvalue weighted by atomic mass is 10.3. The third kappa shape index (κ3) is 4.52. The van der Waals surface area contributed by atoms with Crippen molar-refractivity contribution in [2.75, 3.05) is 39.4 Å². The molecule has 21 heavy (non-hydrogen) atoms. The zero-order valence-electron chi connectivity index (χ0n) is 12.3. The molecule has 0 aliphatic carbocycles. The molecule has 1 saturated heterocycles. The lowest BCUT2D eigenvalue weighted by Crippen LogP contribution is -2.38. The molecule has 1 aromatic heterocycles. The second kappa shape index (κ2) is 7.37. The van der Waals surface area contributed by atoms with E-state index >= 15 is 0 Å². The van der Waals surface area contributed by atoms with Gasteiger partial charge in [0.1, 0.15) is 0 Å². The molecule has 1 fully saturated rings. The zero-order valence-corrected chi connectivity index (χ0v) is 13.1. The van der Waals surface area contributed by atoms with E-state index in [1.165, 1.54) is 12.3 Å². The van der Waals surface area contributed by atoms with Crippen LogP contribution in [0.3, 0.4) is 0 Å². The van der Waals surface area contributed by atoms with Crippen LogP contribution in [0.5, 0.6) is 0 Å². The molecule has 7 nitrogen and oxygen atoms in total. The number of nitrogens with one attached hydrogen (secondary N) is 1. The van der Waals surface area contributed by atoms with Crippen LogP contribution in [-0.4, -0.2) is 62.4 Å². The van der Waals surface area contributed by atoms with Crippen molar-refractivity contribution in [2.45, 2.75) is 17.9 Å². The number of sulfonamides is 1. The molecule has 2 heterocycles. The quantitative estimate of drug-likeness (QED) is 0.664. The number of nitrogens with zero attached hydrogens (tertiary/aromatic N) is 2. The van der Waals surface area contributed by atoms with Gasteiger partial charge in [-0.1, -0.05) is 0 Å². The monoisotopic (exact) mass is 317 g/mol. The Kier molecular flexibility index (Phi) is 5.77. The summed E-state index contributed by atoms with van der Waals surface area (Å²) in [5.74, 6) is 0. The molecule has 0 radical (unpaired) electrons. The molecule has 8 heteroatoms. The number of aryl methyl sites for hydroxylation is 1. The maximum atomic E-state index is 12.1. The van der Waals surface area contributed by atoms with Crippen molar-refractivity contribution in [1.29, 1.82) is 0 Å². The number of ether oxygens (including phenoxy) is 1. The van der Waals surface area contributed by atoms with Gasteiger partial charge in [-0.2, -0.15) is 0 Å². The summed E-state index contributed by atoms with van der Waals surface area (Å²) in [5.41, 5.74) is 0.573. The Morgan fingerprint density at radius 3 is 2.71 bits per heavy atom. The lowest BCUT2D eigenvalue weighted by Gasteiger charge is -2.26. The Labute approximate surface area is 125 Å². The van der Waals surface area contributed by atoms with Gasteiger partial charge >= 0.3 is 0 Å². The summed E-state index contributed by atoms with van der Waals surface area (Å²) < 4.78 is 33.7. The van der Waals surface area contributed by atoms with Crippen molar-refractivity contribution in [3.05, 3.63) is 18.0 Å². The highest BCUT2D eigenvalue weighted by Crippen LogP contribution is 2.13. The number of rotatable bonds is 7. The summed E-state index contributed by atoms with van der Waals surface area (Å²) in [6, 6.07) is 1.49. The minimum Gasteiger partial charge on any atom is -0.390 e. The largest absolute Gasteiger partial charge is 0.390 e. The number of aliphatic hydroxyl groups is 1. The first-order valence-corrected chi connectivity index (χ1v) is 8.57. The maximum Gasteiger partial charge on any atom is 0.242 e. The number of hydrogen-bond acceptors (Lipinski definition) is 5. The summed E-state index contributed by atoms with van der Waals surface area (Å²) in [6.07, 6.45) is 2.27. The van der Waals surface area contributed by atoms with Crippen molar-refractivity contribution in [3.8, 4) is 0 Å². The zero-order chi connectivity index (χ0) is 15.3. The summed E-state index contributed by atoms with van der Waals surface area (Å²) in [4.78, 5) is 2.46. The minimum atomic E-state index is -3.50. The first-order chi connectivity index (χ1) is 10.0. The molecule has 2 rings (SSSR count). The van der Waals surface area contributed by atoms with Crippen LogP contribution >= 0.6 is 0 Å². The Morgan fingerprint density at radius 1 is 1.38 bits per heavy atom. The third-order valence-corrected chi connectivity index (χ3v) is 5.03. The van der Waals surface area contributed by atoms with Gasteiger partial charge in [0, 0.05) is 38.6 Å². The normalized spacial score (nSPS) is 17.2. The highest BCUT2D eigenvalue weighted by Gasteiger charge is 2.17. The fourth-order valence-electron chi connectivity index (χ4n) is 2.30. The van der Waals surface area contributed by atoms with Crippen LogP contribution in [0.25, 0.3) is 0 Å². The van der Waals surface area contributed by atoms with Crippen LogP contribution in [0.4, 0.5) is 0 Å². The highest BCUT2D eigenvalue weighted by molar-refractivity contribution is 7.89. The number of aromatic nitrogens is 1. The van der Waals surface area contributed by atoms with Crippen molar-refractivity contribution in [3.63, 3.8) is 0 Å². The Balaban J connectivity index is 1.80. The van der Waals surface area contributed by atoms with Crippen LogP contribution < -0.4 is 4.72 Å². The molecule has 0 unspecified atom stereocenters. The molecule has 2 N–H and O–H groups in total. The van der Waals surface area contributed by atoms with Gasteiger partial charge in [-0.05, 0) is 19.0 Å².